The minimum Gasteiger partial charge on any atom is -0.358 e. The molecule has 1 aromatic carbocycles. The van der Waals surface area contributed by atoms with Gasteiger partial charge in [0.25, 0.3) is 11.7 Å². The average molecular weight is 338 g/mol. The zero-order valence-corrected chi connectivity index (χ0v) is 14.7. The molecule has 6 heteroatoms. The molecule has 0 aliphatic carbocycles. The van der Waals surface area contributed by atoms with Gasteiger partial charge in [-0.05, 0) is 25.8 Å². The first-order valence-electron chi connectivity index (χ1n) is 8.35. The molecule has 0 radical (unpaired) electrons. The van der Waals surface area contributed by atoms with E-state index >= 15 is 0 Å². The quantitative estimate of drug-likeness (QED) is 0.535. The zero-order chi connectivity index (χ0) is 18.0. The van der Waals surface area contributed by atoms with Crippen LogP contribution in [-0.2, 0) is 11.3 Å². The first kappa shape index (κ1) is 17.0. The molecular weight excluding hydrogens is 316 g/mol. The van der Waals surface area contributed by atoms with Crippen LogP contribution in [0.15, 0.2) is 36.7 Å². The summed E-state index contributed by atoms with van der Waals surface area (Å²) in [4.78, 5) is 32.2. The molecule has 0 fully saturated rings. The third-order valence-corrected chi connectivity index (χ3v) is 4.37. The number of hydrogen-bond acceptors (Lipinski definition) is 3. The fraction of sp³-hybridized carbons (Fsp3) is 0.316. The zero-order valence-electron chi connectivity index (χ0n) is 14.7. The van der Waals surface area contributed by atoms with Crippen LogP contribution in [0, 0.1) is 19.8 Å². The van der Waals surface area contributed by atoms with Gasteiger partial charge in [-0.2, -0.15) is 0 Å². The maximum absolute atomic E-state index is 12.6. The Morgan fingerprint density at radius 2 is 2.04 bits per heavy atom. The summed E-state index contributed by atoms with van der Waals surface area (Å²) in [5.41, 5.74) is 2.02. The van der Waals surface area contributed by atoms with Gasteiger partial charge in [-0.25, -0.2) is 4.98 Å². The van der Waals surface area contributed by atoms with Crippen LogP contribution in [0.1, 0.15) is 28.8 Å². The Balaban J connectivity index is 1.65. The first-order chi connectivity index (χ1) is 12.0. The summed E-state index contributed by atoms with van der Waals surface area (Å²) in [5.74, 6) is 0.0559. The van der Waals surface area contributed by atoms with E-state index in [-0.39, 0.29) is 5.92 Å². The summed E-state index contributed by atoms with van der Waals surface area (Å²) in [6.07, 6.45) is 3.66. The Morgan fingerprint density at radius 3 is 2.76 bits per heavy atom. The smallest absolute Gasteiger partial charge is 0.292 e. The van der Waals surface area contributed by atoms with E-state index in [2.05, 4.69) is 15.3 Å². The summed E-state index contributed by atoms with van der Waals surface area (Å²) in [5, 5.41) is 3.54. The van der Waals surface area contributed by atoms with Crippen molar-refractivity contribution in [2.75, 3.05) is 6.54 Å². The highest BCUT2D eigenvalue weighted by atomic mass is 16.2. The average Bonchev–Trinajstić information content (AvgIpc) is 3.14. The number of carbonyl (C=O) groups excluding carboxylic acids is 2. The van der Waals surface area contributed by atoms with E-state index < -0.39 is 11.7 Å². The molecule has 2 heterocycles. The number of nitrogens with zero attached hydrogens (tertiary/aromatic N) is 2. The fourth-order valence-electron chi connectivity index (χ4n) is 3.03. The molecule has 25 heavy (non-hydrogen) atoms. The largest absolute Gasteiger partial charge is 0.358 e. The summed E-state index contributed by atoms with van der Waals surface area (Å²) < 4.78 is 2.03. The van der Waals surface area contributed by atoms with Crippen LogP contribution in [0.4, 0.5) is 0 Å². The number of fused-ring (bicyclic) bond motifs is 1. The van der Waals surface area contributed by atoms with Crippen molar-refractivity contribution in [2.45, 2.75) is 27.3 Å². The van der Waals surface area contributed by atoms with E-state index in [0.717, 1.165) is 23.3 Å². The van der Waals surface area contributed by atoms with Crippen LogP contribution in [0.2, 0.25) is 0 Å². The third-order valence-electron chi connectivity index (χ3n) is 4.37. The fourth-order valence-corrected chi connectivity index (χ4v) is 3.03. The third kappa shape index (κ3) is 3.47. The van der Waals surface area contributed by atoms with Crippen molar-refractivity contribution in [3.63, 3.8) is 0 Å². The molecule has 0 bridgehead atoms. The Kier molecular flexibility index (Phi) is 4.70. The second-order valence-corrected chi connectivity index (χ2v) is 6.44. The number of rotatable bonds is 6. The molecule has 1 amide bonds. The van der Waals surface area contributed by atoms with Crippen molar-refractivity contribution in [1.82, 2.24) is 19.9 Å². The Labute approximate surface area is 146 Å². The minimum atomic E-state index is -0.568. The molecule has 6 nitrogen and oxygen atoms in total. The second kappa shape index (κ2) is 6.93. The molecule has 0 saturated heterocycles. The normalized spacial score (nSPS) is 12.3. The van der Waals surface area contributed by atoms with Crippen LogP contribution in [-0.4, -0.2) is 32.8 Å². The van der Waals surface area contributed by atoms with Crippen LogP contribution >= 0.6 is 0 Å². The number of para-hydroxylation sites is 1. The number of nitrogens with one attached hydrogen (secondary N) is 2. The number of carbonyl (C=O) groups is 2. The molecule has 3 rings (SSSR count). The van der Waals surface area contributed by atoms with Crippen LogP contribution in [0.5, 0.6) is 0 Å². The number of hydrogen-bond donors (Lipinski definition) is 2. The Morgan fingerprint density at radius 1 is 1.28 bits per heavy atom. The Hall–Kier alpha value is -2.89. The number of aromatic amines is 1. The van der Waals surface area contributed by atoms with Gasteiger partial charge in [-0.3, -0.25) is 9.59 Å². The van der Waals surface area contributed by atoms with Crippen LogP contribution < -0.4 is 5.32 Å². The predicted molar refractivity (Wildman–Crippen MR) is 96.5 cm³/mol. The van der Waals surface area contributed by atoms with Gasteiger partial charge in [0.1, 0.15) is 5.82 Å². The molecule has 1 atom stereocenters. The maximum Gasteiger partial charge on any atom is 0.292 e. The summed E-state index contributed by atoms with van der Waals surface area (Å²) >= 11 is 0. The summed E-state index contributed by atoms with van der Waals surface area (Å²) in [7, 11) is 0. The summed E-state index contributed by atoms with van der Waals surface area (Å²) in [6.45, 7) is 6.96. The lowest BCUT2D eigenvalue weighted by atomic mass is 10.1. The molecule has 0 spiro atoms. The van der Waals surface area contributed by atoms with Gasteiger partial charge < -0.3 is 14.9 Å². The molecular formula is C19H22N4O2. The van der Waals surface area contributed by atoms with Crippen molar-refractivity contribution in [3.05, 3.63) is 53.7 Å². The lowest BCUT2D eigenvalue weighted by molar-refractivity contribution is -0.117. The monoisotopic (exact) mass is 338 g/mol. The van der Waals surface area contributed by atoms with Crippen LogP contribution in [0.25, 0.3) is 10.9 Å². The lowest BCUT2D eigenvalue weighted by Gasteiger charge is -2.14. The predicted octanol–water partition coefficient (Wildman–Crippen LogP) is 2.62. The number of ketones is 1. The number of Topliss-reactive ketones (excluding diaryl/α,β-unsaturated/α-hetero) is 1. The van der Waals surface area contributed by atoms with Gasteiger partial charge in [0.05, 0.1) is 5.56 Å². The van der Waals surface area contributed by atoms with Gasteiger partial charge in [-0.1, -0.05) is 25.1 Å². The molecule has 2 aromatic heterocycles. The van der Waals surface area contributed by atoms with E-state index in [1.807, 2.05) is 55.8 Å². The molecule has 2 N–H and O–H groups in total. The van der Waals surface area contributed by atoms with Crippen molar-refractivity contribution < 1.29 is 9.59 Å². The standard InChI is InChI=1S/C19H22N4O2/c1-12(11-23-9-8-20-14(23)3)10-21-19(25)18(24)17-13(2)22-16-7-5-4-6-15(16)17/h4-9,12,22H,10-11H2,1-3H3,(H,21,25). The van der Waals surface area contributed by atoms with Gasteiger partial charge in [0, 0.05) is 42.1 Å². The number of amides is 1. The van der Waals surface area contributed by atoms with E-state index in [1.54, 1.807) is 6.20 Å². The van der Waals surface area contributed by atoms with Crippen molar-refractivity contribution in [2.24, 2.45) is 5.92 Å². The molecule has 130 valence electrons. The van der Waals surface area contributed by atoms with Crippen molar-refractivity contribution in [3.8, 4) is 0 Å². The first-order valence-corrected chi connectivity index (χ1v) is 8.35. The van der Waals surface area contributed by atoms with E-state index in [4.69, 9.17) is 0 Å². The topological polar surface area (TPSA) is 79.8 Å². The molecule has 0 aliphatic heterocycles. The number of aryl methyl sites for hydroxylation is 2. The maximum atomic E-state index is 12.6. The lowest BCUT2D eigenvalue weighted by Crippen LogP contribution is -2.35. The Bertz CT molecular complexity index is 923. The van der Waals surface area contributed by atoms with E-state index in [1.165, 1.54) is 0 Å². The van der Waals surface area contributed by atoms with E-state index in [9.17, 15) is 9.59 Å². The number of aromatic nitrogens is 3. The highest BCUT2D eigenvalue weighted by Crippen LogP contribution is 2.22. The summed E-state index contributed by atoms with van der Waals surface area (Å²) in [6, 6.07) is 7.50. The van der Waals surface area contributed by atoms with Gasteiger partial charge in [0.15, 0.2) is 0 Å². The highest BCUT2D eigenvalue weighted by Gasteiger charge is 2.22. The highest BCUT2D eigenvalue weighted by molar-refractivity contribution is 6.45. The van der Waals surface area contributed by atoms with Gasteiger partial charge in [0.2, 0.25) is 0 Å². The van der Waals surface area contributed by atoms with E-state index in [0.29, 0.717) is 17.8 Å². The van der Waals surface area contributed by atoms with Crippen molar-refractivity contribution in [1.29, 1.82) is 0 Å². The second-order valence-electron chi connectivity index (χ2n) is 6.44. The molecule has 1 unspecified atom stereocenters. The van der Waals surface area contributed by atoms with Gasteiger partial charge >= 0.3 is 0 Å². The van der Waals surface area contributed by atoms with Crippen LogP contribution in [0.3, 0.4) is 0 Å². The number of imidazole rings is 1. The number of benzene rings is 1. The molecule has 0 aliphatic rings. The molecule has 3 aromatic rings. The number of H-pyrrole nitrogens is 1. The van der Waals surface area contributed by atoms with Gasteiger partial charge in [-0.15, -0.1) is 0 Å². The SMILES string of the molecule is Cc1[nH]c2ccccc2c1C(=O)C(=O)NCC(C)Cn1ccnc1C. The van der Waals surface area contributed by atoms with Crippen molar-refractivity contribution >= 4 is 22.6 Å². The minimum absolute atomic E-state index is 0.189. The molecule has 0 saturated carbocycles.